The van der Waals surface area contributed by atoms with Gasteiger partial charge in [0.15, 0.2) is 11.0 Å². The summed E-state index contributed by atoms with van der Waals surface area (Å²) >= 11 is 13.5. The van der Waals surface area contributed by atoms with E-state index in [0.717, 1.165) is 5.56 Å². The van der Waals surface area contributed by atoms with E-state index < -0.39 is 0 Å². The van der Waals surface area contributed by atoms with Crippen molar-refractivity contribution in [3.8, 4) is 17.1 Å². The Kier molecular flexibility index (Phi) is 6.26. The number of nitrogens with one attached hydrogen (secondary N) is 1. The minimum atomic E-state index is -0.206. The Hall–Kier alpha value is -2.22. The van der Waals surface area contributed by atoms with Crippen LogP contribution in [-0.2, 0) is 11.8 Å². The molecule has 0 aliphatic heterocycles. The minimum Gasteiger partial charge on any atom is -0.495 e. The molecule has 0 atom stereocenters. The van der Waals surface area contributed by atoms with Crippen LogP contribution < -0.4 is 10.1 Å². The van der Waals surface area contributed by atoms with Gasteiger partial charge in [-0.25, -0.2) is 0 Å². The normalized spacial score (nSPS) is 10.7. The molecule has 3 rings (SSSR count). The summed E-state index contributed by atoms with van der Waals surface area (Å²) in [4.78, 5) is 12.3. The van der Waals surface area contributed by atoms with E-state index in [1.807, 2.05) is 25.2 Å². The number of anilines is 1. The highest BCUT2D eigenvalue weighted by molar-refractivity contribution is 7.99. The van der Waals surface area contributed by atoms with E-state index in [-0.39, 0.29) is 11.7 Å². The molecule has 0 spiro atoms. The molecule has 0 saturated heterocycles. The highest BCUT2D eigenvalue weighted by atomic mass is 35.5. The Morgan fingerprint density at radius 3 is 2.74 bits per heavy atom. The molecule has 0 saturated carbocycles. The summed E-state index contributed by atoms with van der Waals surface area (Å²) in [5.41, 5.74) is 1.31. The lowest BCUT2D eigenvalue weighted by Gasteiger charge is -2.10. The number of hydrogen-bond donors (Lipinski definition) is 1. The summed E-state index contributed by atoms with van der Waals surface area (Å²) in [6.45, 7) is 0. The lowest BCUT2D eigenvalue weighted by Crippen LogP contribution is -2.15. The number of ether oxygens (including phenoxy) is 1. The second-order valence-corrected chi connectivity index (χ2v) is 7.31. The van der Waals surface area contributed by atoms with Gasteiger partial charge in [0, 0.05) is 17.6 Å². The first-order chi connectivity index (χ1) is 13.0. The third-order valence-corrected chi connectivity index (χ3v) is 5.30. The van der Waals surface area contributed by atoms with E-state index in [2.05, 4.69) is 15.5 Å². The van der Waals surface area contributed by atoms with E-state index in [1.54, 1.807) is 28.8 Å². The van der Waals surface area contributed by atoms with Crippen LogP contribution in [-0.4, -0.2) is 33.5 Å². The number of carbonyl (C=O) groups excluding carboxylic acids is 1. The molecule has 0 bridgehead atoms. The van der Waals surface area contributed by atoms with E-state index in [1.165, 1.54) is 18.9 Å². The molecule has 2 aromatic carbocycles. The lowest BCUT2D eigenvalue weighted by molar-refractivity contribution is -0.113. The first-order valence-corrected chi connectivity index (χ1v) is 9.64. The summed E-state index contributed by atoms with van der Waals surface area (Å²) in [7, 11) is 3.36. The molecule has 0 aliphatic carbocycles. The SMILES string of the molecule is COc1ccc(Cl)cc1NC(=O)CSc1nnc(-c2ccccc2Cl)n1C. The van der Waals surface area contributed by atoms with Gasteiger partial charge in [-0.15, -0.1) is 10.2 Å². The number of rotatable bonds is 6. The average molecular weight is 423 g/mol. The van der Waals surface area contributed by atoms with Crippen molar-refractivity contribution < 1.29 is 9.53 Å². The first-order valence-electron chi connectivity index (χ1n) is 7.90. The summed E-state index contributed by atoms with van der Waals surface area (Å²) < 4.78 is 7.03. The highest BCUT2D eigenvalue weighted by Crippen LogP contribution is 2.30. The van der Waals surface area contributed by atoms with Crippen LogP contribution in [0.3, 0.4) is 0 Å². The van der Waals surface area contributed by atoms with Gasteiger partial charge < -0.3 is 14.6 Å². The number of amides is 1. The van der Waals surface area contributed by atoms with Crippen LogP contribution in [0, 0.1) is 0 Å². The van der Waals surface area contributed by atoms with Gasteiger partial charge in [0.25, 0.3) is 0 Å². The second kappa shape index (κ2) is 8.65. The van der Waals surface area contributed by atoms with E-state index in [9.17, 15) is 4.79 Å². The van der Waals surface area contributed by atoms with E-state index in [4.69, 9.17) is 27.9 Å². The monoisotopic (exact) mass is 422 g/mol. The molecule has 27 heavy (non-hydrogen) atoms. The van der Waals surface area contributed by atoms with Gasteiger partial charge in [0.1, 0.15) is 5.75 Å². The molecular formula is C18H16Cl2N4O2S. The van der Waals surface area contributed by atoms with Crippen LogP contribution in [0.5, 0.6) is 5.75 Å². The fraction of sp³-hybridized carbons (Fsp3) is 0.167. The van der Waals surface area contributed by atoms with Crippen LogP contribution in [0.4, 0.5) is 5.69 Å². The molecule has 0 radical (unpaired) electrons. The summed E-state index contributed by atoms with van der Waals surface area (Å²) in [6, 6.07) is 12.4. The van der Waals surface area contributed by atoms with Crippen molar-refractivity contribution in [1.82, 2.24) is 14.8 Å². The topological polar surface area (TPSA) is 69.0 Å². The molecule has 140 valence electrons. The van der Waals surface area contributed by atoms with E-state index >= 15 is 0 Å². The summed E-state index contributed by atoms with van der Waals surface area (Å²) in [5.74, 6) is 1.13. The zero-order valence-corrected chi connectivity index (χ0v) is 16.9. The second-order valence-electron chi connectivity index (χ2n) is 5.53. The molecule has 0 aliphatic rings. The van der Waals surface area contributed by atoms with Gasteiger partial charge in [-0.05, 0) is 30.3 Å². The molecule has 9 heteroatoms. The van der Waals surface area contributed by atoms with Crippen molar-refractivity contribution in [2.75, 3.05) is 18.2 Å². The number of hydrogen-bond acceptors (Lipinski definition) is 5. The maximum atomic E-state index is 12.3. The molecule has 1 amide bonds. The smallest absolute Gasteiger partial charge is 0.234 e. The number of methoxy groups -OCH3 is 1. The third-order valence-electron chi connectivity index (χ3n) is 3.72. The zero-order valence-electron chi connectivity index (χ0n) is 14.6. The molecule has 1 N–H and O–H groups in total. The Balaban J connectivity index is 1.68. The molecule has 1 heterocycles. The van der Waals surface area contributed by atoms with Gasteiger partial charge in [0.05, 0.1) is 23.6 Å². The summed E-state index contributed by atoms with van der Waals surface area (Å²) in [6.07, 6.45) is 0. The van der Waals surface area contributed by atoms with E-state index in [0.29, 0.717) is 32.5 Å². The number of carbonyl (C=O) groups is 1. The Labute approximate surface area is 170 Å². The molecule has 1 aromatic heterocycles. The van der Waals surface area contributed by atoms with Crippen LogP contribution in [0.25, 0.3) is 11.4 Å². The average Bonchev–Trinajstić information content (AvgIpc) is 3.01. The standard InChI is InChI=1S/C18H16Cl2N4O2S/c1-24-17(12-5-3-4-6-13(12)20)22-23-18(24)27-10-16(25)21-14-9-11(19)7-8-15(14)26-2/h3-9H,10H2,1-2H3,(H,21,25). The van der Waals surface area contributed by atoms with Crippen LogP contribution >= 0.6 is 35.0 Å². The van der Waals surface area contributed by atoms with Crippen molar-refractivity contribution in [1.29, 1.82) is 0 Å². The highest BCUT2D eigenvalue weighted by Gasteiger charge is 2.15. The maximum absolute atomic E-state index is 12.3. The Morgan fingerprint density at radius 2 is 2.00 bits per heavy atom. The largest absolute Gasteiger partial charge is 0.495 e. The van der Waals surface area contributed by atoms with Crippen molar-refractivity contribution >= 4 is 46.6 Å². The number of nitrogens with zero attached hydrogens (tertiary/aromatic N) is 3. The molecule has 0 fully saturated rings. The predicted molar refractivity (Wildman–Crippen MR) is 109 cm³/mol. The fourth-order valence-electron chi connectivity index (χ4n) is 2.41. The molecular weight excluding hydrogens is 407 g/mol. The van der Waals surface area contributed by atoms with Gasteiger partial charge >= 0.3 is 0 Å². The number of thioether (sulfide) groups is 1. The van der Waals surface area contributed by atoms with Crippen LogP contribution in [0.2, 0.25) is 10.0 Å². The third kappa shape index (κ3) is 4.55. The number of aromatic nitrogens is 3. The van der Waals surface area contributed by atoms with Crippen LogP contribution in [0.1, 0.15) is 0 Å². The molecule has 6 nitrogen and oxygen atoms in total. The van der Waals surface area contributed by atoms with Gasteiger partial charge in [0.2, 0.25) is 5.91 Å². The van der Waals surface area contributed by atoms with Gasteiger partial charge in [-0.1, -0.05) is 47.1 Å². The van der Waals surface area contributed by atoms with Crippen molar-refractivity contribution in [2.45, 2.75) is 5.16 Å². The number of benzene rings is 2. The quantitative estimate of drug-likeness (QED) is 0.590. The predicted octanol–water partition coefficient (Wildman–Crippen LogP) is 4.53. The minimum absolute atomic E-state index is 0.157. The van der Waals surface area contributed by atoms with Crippen LogP contribution in [0.15, 0.2) is 47.6 Å². The zero-order chi connectivity index (χ0) is 19.4. The Morgan fingerprint density at radius 1 is 1.22 bits per heavy atom. The van der Waals surface area contributed by atoms with Crippen molar-refractivity contribution in [3.05, 3.63) is 52.5 Å². The van der Waals surface area contributed by atoms with Crippen molar-refractivity contribution in [2.24, 2.45) is 7.05 Å². The lowest BCUT2D eigenvalue weighted by atomic mass is 10.2. The number of halogens is 2. The molecule has 0 unspecified atom stereocenters. The first kappa shape index (κ1) is 19.5. The molecule has 3 aromatic rings. The Bertz CT molecular complexity index is 978. The van der Waals surface area contributed by atoms with Gasteiger partial charge in [-0.2, -0.15) is 0 Å². The van der Waals surface area contributed by atoms with Crippen molar-refractivity contribution in [3.63, 3.8) is 0 Å². The maximum Gasteiger partial charge on any atom is 0.234 e. The summed E-state index contributed by atoms with van der Waals surface area (Å²) in [5, 5.41) is 12.8. The fourth-order valence-corrected chi connectivity index (χ4v) is 3.52. The van der Waals surface area contributed by atoms with Gasteiger partial charge in [-0.3, -0.25) is 4.79 Å².